The minimum atomic E-state index is 0.523. The fourth-order valence-corrected chi connectivity index (χ4v) is 2.73. The van der Waals surface area contributed by atoms with Gasteiger partial charge < -0.3 is 4.98 Å². The van der Waals surface area contributed by atoms with E-state index in [4.69, 9.17) is 16.9 Å². The van der Waals surface area contributed by atoms with Gasteiger partial charge in [0.05, 0.1) is 23.0 Å². The molecule has 0 amide bonds. The topological polar surface area (TPSA) is 78.2 Å². The number of aromatic nitrogens is 4. The van der Waals surface area contributed by atoms with E-state index in [9.17, 15) is 0 Å². The fourth-order valence-electron chi connectivity index (χ4n) is 1.58. The van der Waals surface area contributed by atoms with Gasteiger partial charge in [-0.25, -0.2) is 15.0 Å². The van der Waals surface area contributed by atoms with Crippen molar-refractivity contribution in [1.29, 1.82) is 5.26 Å². The Morgan fingerprint density at radius 2 is 2.16 bits per heavy atom. The van der Waals surface area contributed by atoms with Gasteiger partial charge in [0.25, 0.3) is 0 Å². The molecule has 0 unspecified atom stereocenters. The van der Waals surface area contributed by atoms with Crippen molar-refractivity contribution in [2.75, 3.05) is 0 Å². The summed E-state index contributed by atoms with van der Waals surface area (Å²) < 4.78 is 0. The second-order valence-electron chi connectivity index (χ2n) is 3.64. The predicted molar refractivity (Wildman–Crippen MR) is 72.0 cm³/mol. The van der Waals surface area contributed by atoms with Crippen molar-refractivity contribution >= 4 is 34.5 Å². The standard InChI is InChI=1S/C12H6ClN5S/c13-8-3-7(4-14)1-2-9(8)19-12-10-11(16-5-15-10)17-6-18-12/h1-3,5-6H,(H,15,16,17,18). The van der Waals surface area contributed by atoms with Crippen molar-refractivity contribution in [2.24, 2.45) is 0 Å². The molecule has 0 fully saturated rings. The van der Waals surface area contributed by atoms with Crippen molar-refractivity contribution in [1.82, 2.24) is 19.9 Å². The molecule has 19 heavy (non-hydrogen) atoms. The fraction of sp³-hybridized carbons (Fsp3) is 0. The number of nitriles is 1. The first-order chi connectivity index (χ1) is 9.28. The minimum absolute atomic E-state index is 0.523. The van der Waals surface area contributed by atoms with E-state index in [0.29, 0.717) is 16.2 Å². The lowest BCUT2D eigenvalue weighted by Crippen LogP contribution is -1.86. The number of H-pyrrole nitrogens is 1. The normalized spacial score (nSPS) is 10.5. The number of hydrogen-bond donors (Lipinski definition) is 1. The number of fused-ring (bicyclic) bond motifs is 1. The number of benzene rings is 1. The van der Waals surface area contributed by atoms with E-state index in [1.807, 2.05) is 6.07 Å². The monoisotopic (exact) mass is 287 g/mol. The Labute approximate surface area is 117 Å². The third-order valence-electron chi connectivity index (χ3n) is 2.46. The first kappa shape index (κ1) is 12.0. The molecule has 2 heterocycles. The van der Waals surface area contributed by atoms with E-state index in [1.54, 1.807) is 24.5 Å². The number of imidazole rings is 1. The molecule has 0 saturated carbocycles. The number of halogens is 1. The summed E-state index contributed by atoms with van der Waals surface area (Å²) in [6, 6.07) is 7.21. The molecule has 0 aliphatic carbocycles. The van der Waals surface area contributed by atoms with Crippen LogP contribution in [0.15, 0.2) is 40.8 Å². The summed E-state index contributed by atoms with van der Waals surface area (Å²) in [6.45, 7) is 0. The summed E-state index contributed by atoms with van der Waals surface area (Å²) >= 11 is 7.55. The third-order valence-corrected chi connectivity index (χ3v) is 3.96. The maximum absolute atomic E-state index is 8.81. The van der Waals surface area contributed by atoms with Crippen LogP contribution in [0, 0.1) is 11.3 Å². The van der Waals surface area contributed by atoms with E-state index in [1.165, 1.54) is 18.1 Å². The lowest BCUT2D eigenvalue weighted by Gasteiger charge is -2.04. The minimum Gasteiger partial charge on any atom is -0.341 e. The smallest absolute Gasteiger partial charge is 0.181 e. The first-order valence-electron chi connectivity index (χ1n) is 5.29. The Morgan fingerprint density at radius 1 is 1.26 bits per heavy atom. The van der Waals surface area contributed by atoms with Gasteiger partial charge in [0, 0.05) is 4.90 Å². The van der Waals surface area contributed by atoms with Crippen molar-refractivity contribution in [3.8, 4) is 6.07 Å². The zero-order valence-corrected chi connectivity index (χ0v) is 11.0. The van der Waals surface area contributed by atoms with Crippen LogP contribution in [0.5, 0.6) is 0 Å². The quantitative estimate of drug-likeness (QED) is 0.733. The van der Waals surface area contributed by atoms with Gasteiger partial charge in [0.2, 0.25) is 0 Å². The van der Waals surface area contributed by atoms with Crippen molar-refractivity contribution in [3.05, 3.63) is 41.4 Å². The lowest BCUT2D eigenvalue weighted by atomic mass is 10.2. The first-order valence-corrected chi connectivity index (χ1v) is 6.49. The third kappa shape index (κ3) is 2.26. The molecular weight excluding hydrogens is 282 g/mol. The Balaban J connectivity index is 2.02. The lowest BCUT2D eigenvalue weighted by molar-refractivity contribution is 1.08. The van der Waals surface area contributed by atoms with Crippen molar-refractivity contribution in [3.63, 3.8) is 0 Å². The Bertz CT molecular complexity index is 792. The van der Waals surface area contributed by atoms with E-state index in [-0.39, 0.29) is 0 Å². The number of hydrogen-bond acceptors (Lipinski definition) is 5. The number of nitrogens with one attached hydrogen (secondary N) is 1. The molecule has 3 rings (SSSR count). The van der Waals surface area contributed by atoms with Crippen LogP contribution in [0.1, 0.15) is 5.56 Å². The zero-order valence-electron chi connectivity index (χ0n) is 9.46. The van der Waals surface area contributed by atoms with Crippen LogP contribution >= 0.6 is 23.4 Å². The van der Waals surface area contributed by atoms with E-state index < -0.39 is 0 Å². The van der Waals surface area contributed by atoms with Crippen molar-refractivity contribution in [2.45, 2.75) is 9.92 Å². The summed E-state index contributed by atoms with van der Waals surface area (Å²) in [4.78, 5) is 16.2. The van der Waals surface area contributed by atoms with E-state index in [2.05, 4.69) is 19.9 Å². The summed E-state index contributed by atoms with van der Waals surface area (Å²) in [5.41, 5.74) is 1.92. The van der Waals surface area contributed by atoms with Crippen molar-refractivity contribution < 1.29 is 0 Å². The number of aromatic amines is 1. The maximum Gasteiger partial charge on any atom is 0.181 e. The van der Waals surface area contributed by atoms with Gasteiger partial charge in [-0.15, -0.1) is 0 Å². The average Bonchev–Trinajstić information content (AvgIpc) is 2.90. The summed E-state index contributed by atoms with van der Waals surface area (Å²) in [5, 5.41) is 10.1. The van der Waals surface area contributed by atoms with Crippen LogP contribution in [-0.2, 0) is 0 Å². The SMILES string of the molecule is N#Cc1ccc(Sc2ncnc3nc[nH]c23)c(Cl)c1. The molecule has 0 aliphatic heterocycles. The second-order valence-corrected chi connectivity index (χ2v) is 5.08. The molecule has 2 aromatic heterocycles. The largest absolute Gasteiger partial charge is 0.341 e. The summed E-state index contributed by atoms with van der Waals surface area (Å²) in [7, 11) is 0. The van der Waals surface area contributed by atoms with Gasteiger partial charge in [0.1, 0.15) is 16.9 Å². The number of rotatable bonds is 2. The highest BCUT2D eigenvalue weighted by atomic mass is 35.5. The second kappa shape index (κ2) is 4.88. The van der Waals surface area contributed by atoms with Gasteiger partial charge in [0.15, 0.2) is 5.65 Å². The van der Waals surface area contributed by atoms with Crippen LogP contribution in [0.2, 0.25) is 5.02 Å². The Kier molecular flexibility index (Phi) is 3.07. The maximum atomic E-state index is 8.81. The van der Waals surface area contributed by atoms with Crippen LogP contribution in [0.3, 0.4) is 0 Å². The van der Waals surface area contributed by atoms with Crippen LogP contribution in [0.4, 0.5) is 0 Å². The zero-order chi connectivity index (χ0) is 13.2. The molecule has 0 aliphatic rings. The average molecular weight is 288 g/mol. The molecule has 7 heteroatoms. The van der Waals surface area contributed by atoms with E-state index >= 15 is 0 Å². The van der Waals surface area contributed by atoms with Gasteiger partial charge in [-0.3, -0.25) is 0 Å². The number of nitrogens with zero attached hydrogens (tertiary/aromatic N) is 4. The molecule has 1 aromatic carbocycles. The molecule has 92 valence electrons. The van der Waals surface area contributed by atoms with Gasteiger partial charge in [-0.05, 0) is 18.2 Å². The molecule has 5 nitrogen and oxygen atoms in total. The Hall–Kier alpha value is -2.10. The molecule has 0 saturated heterocycles. The van der Waals surface area contributed by atoms with Gasteiger partial charge in [-0.2, -0.15) is 5.26 Å². The van der Waals surface area contributed by atoms with E-state index in [0.717, 1.165) is 15.4 Å². The molecule has 0 radical (unpaired) electrons. The molecular formula is C12H6ClN5S. The van der Waals surface area contributed by atoms with Gasteiger partial charge >= 0.3 is 0 Å². The summed E-state index contributed by atoms with van der Waals surface area (Å²) in [6.07, 6.45) is 3.03. The molecule has 0 bridgehead atoms. The van der Waals surface area contributed by atoms with Gasteiger partial charge in [-0.1, -0.05) is 23.4 Å². The van der Waals surface area contributed by atoms with Crippen LogP contribution in [-0.4, -0.2) is 19.9 Å². The highest BCUT2D eigenvalue weighted by Gasteiger charge is 2.10. The van der Waals surface area contributed by atoms with Crippen LogP contribution < -0.4 is 0 Å². The summed E-state index contributed by atoms with van der Waals surface area (Å²) in [5.74, 6) is 0. The molecule has 0 atom stereocenters. The highest BCUT2D eigenvalue weighted by Crippen LogP contribution is 2.34. The molecule has 1 N–H and O–H groups in total. The van der Waals surface area contributed by atoms with Crippen LogP contribution in [0.25, 0.3) is 11.2 Å². The molecule has 0 spiro atoms. The highest BCUT2D eigenvalue weighted by molar-refractivity contribution is 7.99. The molecule has 3 aromatic rings. The Morgan fingerprint density at radius 3 is 2.95 bits per heavy atom. The predicted octanol–water partition coefficient (Wildman–Crippen LogP) is 3.03.